The van der Waals surface area contributed by atoms with Crippen LogP contribution in [0.1, 0.15) is 6.42 Å². The van der Waals surface area contributed by atoms with Crippen molar-refractivity contribution in [1.29, 1.82) is 0 Å². The molecule has 0 atom stereocenters. The number of nitrogens with one attached hydrogen (secondary N) is 1. The van der Waals surface area contributed by atoms with Gasteiger partial charge in [0.15, 0.2) is 11.6 Å². The van der Waals surface area contributed by atoms with Gasteiger partial charge in [0.1, 0.15) is 11.5 Å². The highest BCUT2D eigenvalue weighted by molar-refractivity contribution is 6.60. The molecule has 1 aromatic carbocycles. The third kappa shape index (κ3) is 4.20. The van der Waals surface area contributed by atoms with Gasteiger partial charge in [0.25, 0.3) is 0 Å². The molecule has 0 saturated carbocycles. The molecule has 0 saturated heterocycles. The maximum Gasteiger partial charge on any atom is 0.500 e. The summed E-state index contributed by atoms with van der Waals surface area (Å²) in [7, 11) is 1.80. The summed E-state index contributed by atoms with van der Waals surface area (Å²) in [5.74, 6) is -2.87. The van der Waals surface area contributed by atoms with E-state index in [0.717, 1.165) is 0 Å². The Morgan fingerprint density at radius 1 is 1.00 bits per heavy atom. The third-order valence-corrected chi connectivity index (χ3v) is 5.73. The molecule has 1 rings (SSSR count). The highest BCUT2D eigenvalue weighted by Gasteiger charge is 2.36. The summed E-state index contributed by atoms with van der Waals surface area (Å²) in [6.07, 6.45) is 0.526. The van der Waals surface area contributed by atoms with Gasteiger partial charge in [-0.25, -0.2) is 13.2 Å². The van der Waals surface area contributed by atoms with Crippen LogP contribution in [0.25, 0.3) is 0 Å². The van der Waals surface area contributed by atoms with Gasteiger partial charge in [-0.3, -0.25) is 0 Å². The monoisotopic (exact) mass is 309 g/mol. The van der Waals surface area contributed by atoms with E-state index >= 15 is 0 Å². The third-order valence-electron chi connectivity index (χ3n) is 2.90. The lowest BCUT2D eigenvalue weighted by molar-refractivity contribution is 0.123. The van der Waals surface area contributed by atoms with Crippen LogP contribution in [0.5, 0.6) is 0 Å². The summed E-state index contributed by atoms with van der Waals surface area (Å²) in [5, 5.41) is 2.59. The topological polar surface area (TPSA) is 39.7 Å². The lowest BCUT2D eigenvalue weighted by Crippen LogP contribution is -2.42. The fourth-order valence-electron chi connectivity index (χ4n) is 1.79. The van der Waals surface area contributed by atoms with Crippen LogP contribution in [0, 0.1) is 17.5 Å². The molecule has 8 heteroatoms. The summed E-state index contributed by atoms with van der Waals surface area (Å²) in [6, 6.07) is 1.75. The summed E-state index contributed by atoms with van der Waals surface area (Å²) < 4.78 is 55.1. The van der Waals surface area contributed by atoms with Crippen molar-refractivity contribution in [2.75, 3.05) is 33.2 Å². The van der Waals surface area contributed by atoms with E-state index in [1.54, 1.807) is 0 Å². The molecule has 0 fully saturated rings. The van der Waals surface area contributed by atoms with Crippen LogP contribution in [0.15, 0.2) is 12.1 Å². The summed E-state index contributed by atoms with van der Waals surface area (Å²) in [4.78, 5) is 0. The minimum atomic E-state index is -2.68. The highest BCUT2D eigenvalue weighted by atomic mass is 28.4. The molecule has 4 nitrogen and oxygen atoms in total. The van der Waals surface area contributed by atoms with Crippen LogP contribution < -0.4 is 5.32 Å². The first kappa shape index (κ1) is 17.0. The second kappa shape index (κ2) is 7.63. The first-order valence-corrected chi connectivity index (χ1v) is 7.95. The number of rotatable bonds is 8. The zero-order valence-corrected chi connectivity index (χ0v) is 12.6. The normalized spacial score (nSPS) is 11.7. The van der Waals surface area contributed by atoms with E-state index < -0.39 is 26.3 Å². The molecule has 20 heavy (non-hydrogen) atoms. The molecule has 0 heterocycles. The van der Waals surface area contributed by atoms with Gasteiger partial charge in [0.2, 0.25) is 0 Å². The van der Waals surface area contributed by atoms with Gasteiger partial charge >= 0.3 is 8.80 Å². The molecule has 0 radical (unpaired) electrons. The van der Waals surface area contributed by atoms with E-state index in [-0.39, 0.29) is 12.2 Å². The van der Waals surface area contributed by atoms with E-state index in [9.17, 15) is 13.2 Å². The van der Waals surface area contributed by atoms with Crippen LogP contribution in [-0.4, -0.2) is 36.7 Å². The zero-order valence-electron chi connectivity index (χ0n) is 11.6. The molecule has 0 aliphatic heterocycles. The molecule has 0 aliphatic rings. The van der Waals surface area contributed by atoms with E-state index in [2.05, 4.69) is 5.32 Å². The highest BCUT2D eigenvalue weighted by Crippen LogP contribution is 2.21. The average Bonchev–Trinajstić information content (AvgIpc) is 2.42. The Labute approximate surface area is 117 Å². The fraction of sp³-hybridized carbons (Fsp3) is 0.500. The molecular formula is C12H18F3NO3Si. The van der Waals surface area contributed by atoms with Crippen molar-refractivity contribution in [2.45, 2.75) is 12.5 Å². The maximum atomic E-state index is 13.4. The Morgan fingerprint density at radius 2 is 1.50 bits per heavy atom. The molecule has 0 aromatic heterocycles. The Balaban J connectivity index is 2.53. The van der Waals surface area contributed by atoms with E-state index in [0.29, 0.717) is 24.6 Å². The first-order valence-electron chi connectivity index (χ1n) is 6.02. The van der Waals surface area contributed by atoms with Crippen molar-refractivity contribution in [3.05, 3.63) is 29.6 Å². The largest absolute Gasteiger partial charge is 0.500 e. The van der Waals surface area contributed by atoms with Gasteiger partial charge in [-0.1, -0.05) is 0 Å². The molecule has 0 bridgehead atoms. The Hall–Kier alpha value is -1.09. The SMILES string of the molecule is CO[Si](CCCNc1c(F)cc(F)cc1F)(OC)OC. The second-order valence-corrected chi connectivity index (χ2v) is 7.16. The minimum Gasteiger partial charge on any atom is -0.380 e. The van der Waals surface area contributed by atoms with Crippen molar-refractivity contribution in [3.8, 4) is 0 Å². The average molecular weight is 309 g/mol. The Bertz CT molecular complexity index is 413. The van der Waals surface area contributed by atoms with E-state index in [1.807, 2.05) is 0 Å². The van der Waals surface area contributed by atoms with Crippen LogP contribution in [0.2, 0.25) is 6.04 Å². The molecule has 1 N–H and O–H groups in total. The second-order valence-electron chi connectivity index (χ2n) is 4.07. The number of hydrogen-bond acceptors (Lipinski definition) is 4. The number of halogens is 3. The van der Waals surface area contributed by atoms with Gasteiger partial charge in [0.05, 0.1) is 0 Å². The van der Waals surface area contributed by atoms with Gasteiger partial charge in [-0.2, -0.15) is 0 Å². The lowest BCUT2D eigenvalue weighted by atomic mass is 10.2. The molecular weight excluding hydrogens is 291 g/mol. The van der Waals surface area contributed by atoms with Gasteiger partial charge in [-0.15, -0.1) is 0 Å². The number of anilines is 1. The predicted octanol–water partition coefficient (Wildman–Crippen LogP) is 2.78. The van der Waals surface area contributed by atoms with Crippen LogP contribution in [0.3, 0.4) is 0 Å². The molecule has 114 valence electrons. The van der Waals surface area contributed by atoms with Crippen molar-refractivity contribution >= 4 is 14.5 Å². The van der Waals surface area contributed by atoms with Gasteiger partial charge in [0, 0.05) is 46.1 Å². The summed E-state index contributed by atoms with van der Waals surface area (Å²) in [6.45, 7) is 0.282. The standard InChI is InChI=1S/C12H18F3NO3Si/c1-17-20(18-2,19-3)6-4-5-16-12-10(14)7-9(13)8-11(12)15/h7-8,16H,4-6H2,1-3H3. The molecule has 0 aliphatic carbocycles. The molecule has 1 aromatic rings. The molecule has 0 amide bonds. The van der Waals surface area contributed by atoms with Crippen molar-refractivity contribution < 1.29 is 26.4 Å². The van der Waals surface area contributed by atoms with Crippen molar-refractivity contribution in [3.63, 3.8) is 0 Å². The first-order chi connectivity index (χ1) is 9.48. The van der Waals surface area contributed by atoms with Crippen molar-refractivity contribution in [1.82, 2.24) is 0 Å². The van der Waals surface area contributed by atoms with Gasteiger partial charge in [-0.05, 0) is 6.42 Å². The summed E-state index contributed by atoms with van der Waals surface area (Å²) >= 11 is 0. The van der Waals surface area contributed by atoms with Crippen LogP contribution >= 0.6 is 0 Å². The van der Waals surface area contributed by atoms with Crippen LogP contribution in [-0.2, 0) is 13.3 Å². The summed E-state index contributed by atoms with van der Waals surface area (Å²) in [5.41, 5.74) is -0.342. The zero-order chi connectivity index (χ0) is 15.2. The minimum absolute atomic E-state index is 0.282. The van der Waals surface area contributed by atoms with E-state index in [4.69, 9.17) is 13.3 Å². The lowest BCUT2D eigenvalue weighted by Gasteiger charge is -2.24. The Kier molecular flexibility index (Phi) is 6.47. The molecule has 0 unspecified atom stereocenters. The maximum absolute atomic E-state index is 13.4. The smallest absolute Gasteiger partial charge is 0.380 e. The predicted molar refractivity (Wildman–Crippen MR) is 71.0 cm³/mol. The molecule has 0 spiro atoms. The fourth-order valence-corrected chi connectivity index (χ4v) is 3.51. The van der Waals surface area contributed by atoms with Gasteiger partial charge < -0.3 is 18.6 Å². The quantitative estimate of drug-likeness (QED) is 0.592. The van der Waals surface area contributed by atoms with Crippen LogP contribution in [0.4, 0.5) is 18.9 Å². The van der Waals surface area contributed by atoms with E-state index in [1.165, 1.54) is 21.3 Å². The number of benzene rings is 1. The Morgan fingerprint density at radius 3 is 1.95 bits per heavy atom. The number of hydrogen-bond donors (Lipinski definition) is 1. The van der Waals surface area contributed by atoms with Crippen molar-refractivity contribution in [2.24, 2.45) is 0 Å².